The minimum Gasteiger partial charge on any atom is -0.481 e. The molecule has 0 aliphatic rings. The van der Waals surface area contributed by atoms with E-state index in [1.54, 1.807) is 0 Å². The Morgan fingerprint density at radius 2 is 1.32 bits per heavy atom. The van der Waals surface area contributed by atoms with Crippen LogP contribution in [0.15, 0.2) is 30.3 Å². The number of carboxylic acids is 1. The van der Waals surface area contributed by atoms with Crippen molar-refractivity contribution in [1.82, 2.24) is 10.8 Å². The Morgan fingerprint density at radius 3 is 1.87 bits per heavy atom. The van der Waals surface area contributed by atoms with Crippen LogP contribution in [0.4, 0.5) is 0 Å². The van der Waals surface area contributed by atoms with E-state index in [0.29, 0.717) is 6.42 Å². The summed E-state index contributed by atoms with van der Waals surface area (Å²) in [4.78, 5) is 34.1. The summed E-state index contributed by atoms with van der Waals surface area (Å²) in [5, 5.41) is 19.9. The minimum atomic E-state index is -1.06. The molecule has 4 N–H and O–H groups in total. The number of hydrogen-bond acceptors (Lipinski definition) is 4. The second-order valence-electron chi connectivity index (χ2n) is 8.05. The van der Waals surface area contributed by atoms with Crippen LogP contribution in [0, 0.1) is 0 Å². The van der Waals surface area contributed by atoms with Crippen molar-refractivity contribution in [3.05, 3.63) is 35.9 Å². The molecule has 0 saturated carbocycles. The number of carbonyl (C=O) groups is 3. The second kappa shape index (κ2) is 17.3. The molecule has 0 aliphatic heterocycles. The van der Waals surface area contributed by atoms with Gasteiger partial charge in [0.15, 0.2) is 0 Å². The number of rotatable bonds is 18. The van der Waals surface area contributed by atoms with Crippen LogP contribution in [0.3, 0.4) is 0 Å². The summed E-state index contributed by atoms with van der Waals surface area (Å²) in [6.45, 7) is 0. The molecule has 0 aliphatic carbocycles. The molecule has 1 rings (SSSR count). The summed E-state index contributed by atoms with van der Waals surface area (Å²) in [6.07, 6.45) is 12.7. The highest BCUT2D eigenvalue weighted by atomic mass is 16.5. The van der Waals surface area contributed by atoms with Crippen molar-refractivity contribution in [3.63, 3.8) is 0 Å². The summed E-state index contributed by atoms with van der Waals surface area (Å²) >= 11 is 0. The maximum atomic E-state index is 11.9. The number of aryl methyl sites for hydroxylation is 1. The van der Waals surface area contributed by atoms with E-state index in [2.05, 4.69) is 35.6 Å². The lowest BCUT2D eigenvalue weighted by molar-refractivity contribution is -0.139. The SMILES string of the molecule is O=C(O)CC[C@@H](NC(=O)CCCCCCCCCCCCc1ccccc1)C(=O)NO. The summed E-state index contributed by atoms with van der Waals surface area (Å²) in [5.74, 6) is -2.15. The summed E-state index contributed by atoms with van der Waals surface area (Å²) in [6, 6.07) is 9.59. The minimum absolute atomic E-state index is 0.0558. The largest absolute Gasteiger partial charge is 0.481 e. The number of carboxylic acid groups (broad SMARTS) is 1. The van der Waals surface area contributed by atoms with E-state index < -0.39 is 17.9 Å². The number of amides is 2. The standard InChI is InChI=1S/C24H38N2O5/c27-22(25-21(24(30)26-31)18-19-23(28)29)17-13-8-6-4-2-1-3-5-7-10-14-20-15-11-9-12-16-20/h9,11-12,15-16,21,31H,1-8,10,13-14,17-19H2,(H,25,27)(H,26,30)(H,28,29)/t21-/m1/s1. The van der Waals surface area contributed by atoms with Crippen molar-refractivity contribution < 1.29 is 24.7 Å². The molecule has 0 fully saturated rings. The van der Waals surface area contributed by atoms with Gasteiger partial charge in [-0.1, -0.05) is 81.7 Å². The maximum Gasteiger partial charge on any atom is 0.303 e. The Morgan fingerprint density at radius 1 is 0.774 bits per heavy atom. The highest BCUT2D eigenvalue weighted by Crippen LogP contribution is 2.13. The van der Waals surface area contributed by atoms with Gasteiger partial charge in [0.2, 0.25) is 5.91 Å². The van der Waals surface area contributed by atoms with E-state index in [4.69, 9.17) is 10.3 Å². The Kier molecular flexibility index (Phi) is 14.8. The molecule has 174 valence electrons. The van der Waals surface area contributed by atoms with E-state index in [1.165, 1.54) is 62.4 Å². The van der Waals surface area contributed by atoms with Gasteiger partial charge in [0.1, 0.15) is 6.04 Å². The predicted molar refractivity (Wildman–Crippen MR) is 120 cm³/mol. The number of unbranched alkanes of at least 4 members (excludes halogenated alkanes) is 9. The Bertz CT molecular complexity index is 636. The third-order valence-electron chi connectivity index (χ3n) is 5.37. The van der Waals surface area contributed by atoms with Crippen molar-refractivity contribution in [1.29, 1.82) is 0 Å². The van der Waals surface area contributed by atoms with Gasteiger partial charge in [-0.3, -0.25) is 19.6 Å². The fourth-order valence-corrected chi connectivity index (χ4v) is 3.55. The van der Waals surface area contributed by atoms with Crippen molar-refractivity contribution >= 4 is 17.8 Å². The molecule has 2 amide bonds. The molecular formula is C24H38N2O5. The Hall–Kier alpha value is -2.41. The van der Waals surface area contributed by atoms with Gasteiger partial charge < -0.3 is 10.4 Å². The normalized spacial score (nSPS) is 11.6. The number of hydrogen-bond donors (Lipinski definition) is 4. The second-order valence-corrected chi connectivity index (χ2v) is 8.05. The predicted octanol–water partition coefficient (Wildman–Crippen LogP) is 4.38. The molecule has 7 heteroatoms. The molecule has 0 bridgehead atoms. The highest BCUT2D eigenvalue weighted by molar-refractivity contribution is 5.87. The van der Waals surface area contributed by atoms with Crippen molar-refractivity contribution in [2.75, 3.05) is 0 Å². The average Bonchev–Trinajstić information content (AvgIpc) is 2.77. The first-order chi connectivity index (χ1) is 15.0. The van der Waals surface area contributed by atoms with Crippen LogP contribution in [-0.2, 0) is 20.8 Å². The molecule has 0 spiro atoms. The number of nitrogens with one attached hydrogen (secondary N) is 2. The summed E-state index contributed by atoms with van der Waals surface area (Å²) < 4.78 is 0. The number of hydroxylamine groups is 1. The van der Waals surface area contributed by atoms with Crippen LogP contribution >= 0.6 is 0 Å². The lowest BCUT2D eigenvalue weighted by Gasteiger charge is -2.15. The van der Waals surface area contributed by atoms with E-state index >= 15 is 0 Å². The molecule has 31 heavy (non-hydrogen) atoms. The average molecular weight is 435 g/mol. The van der Waals surface area contributed by atoms with Gasteiger partial charge in [0.05, 0.1) is 0 Å². The van der Waals surface area contributed by atoms with Crippen LogP contribution in [0.25, 0.3) is 0 Å². The Balaban J connectivity index is 1.95. The monoisotopic (exact) mass is 434 g/mol. The Labute approximate surface area is 185 Å². The summed E-state index contributed by atoms with van der Waals surface area (Å²) in [7, 11) is 0. The van der Waals surface area contributed by atoms with Gasteiger partial charge >= 0.3 is 5.97 Å². The van der Waals surface area contributed by atoms with Crippen LogP contribution < -0.4 is 10.8 Å². The molecule has 7 nitrogen and oxygen atoms in total. The smallest absolute Gasteiger partial charge is 0.303 e. The third kappa shape index (κ3) is 14.3. The third-order valence-corrected chi connectivity index (χ3v) is 5.37. The van der Waals surface area contributed by atoms with Gasteiger partial charge in [-0.2, -0.15) is 0 Å². The first kappa shape index (κ1) is 26.6. The molecule has 0 saturated heterocycles. The molecule has 0 heterocycles. The van der Waals surface area contributed by atoms with Crippen LogP contribution in [0.1, 0.15) is 89.0 Å². The van der Waals surface area contributed by atoms with E-state index in [9.17, 15) is 14.4 Å². The van der Waals surface area contributed by atoms with Crippen molar-refractivity contribution in [2.24, 2.45) is 0 Å². The number of benzene rings is 1. The van der Waals surface area contributed by atoms with Crippen molar-refractivity contribution in [3.8, 4) is 0 Å². The van der Waals surface area contributed by atoms with Crippen LogP contribution in [0.5, 0.6) is 0 Å². The molecule has 0 radical (unpaired) electrons. The van der Waals surface area contributed by atoms with Gasteiger partial charge in [-0.25, -0.2) is 5.48 Å². The van der Waals surface area contributed by atoms with E-state index in [-0.39, 0.29) is 18.7 Å². The molecule has 1 atom stereocenters. The molecule has 1 aromatic rings. The fourth-order valence-electron chi connectivity index (χ4n) is 3.55. The van der Waals surface area contributed by atoms with Crippen LogP contribution in [0.2, 0.25) is 0 Å². The fraction of sp³-hybridized carbons (Fsp3) is 0.625. The molecule has 0 aromatic heterocycles. The summed E-state index contributed by atoms with van der Waals surface area (Å²) in [5.41, 5.74) is 2.89. The lowest BCUT2D eigenvalue weighted by atomic mass is 10.0. The van der Waals surface area contributed by atoms with Crippen molar-refractivity contribution in [2.45, 2.75) is 95.9 Å². The van der Waals surface area contributed by atoms with Gasteiger partial charge in [-0.05, 0) is 31.2 Å². The molecular weight excluding hydrogens is 396 g/mol. The number of carbonyl (C=O) groups excluding carboxylic acids is 2. The maximum absolute atomic E-state index is 11.9. The zero-order valence-electron chi connectivity index (χ0n) is 18.5. The molecule has 1 aromatic carbocycles. The first-order valence-corrected chi connectivity index (χ1v) is 11.5. The van der Waals surface area contributed by atoms with E-state index in [1.807, 2.05) is 0 Å². The van der Waals surface area contributed by atoms with Crippen LogP contribution in [-0.4, -0.2) is 34.1 Å². The van der Waals surface area contributed by atoms with Gasteiger partial charge in [-0.15, -0.1) is 0 Å². The van der Waals surface area contributed by atoms with Gasteiger partial charge in [0.25, 0.3) is 5.91 Å². The lowest BCUT2D eigenvalue weighted by Crippen LogP contribution is -2.46. The highest BCUT2D eigenvalue weighted by Gasteiger charge is 2.21. The zero-order valence-corrected chi connectivity index (χ0v) is 18.5. The first-order valence-electron chi connectivity index (χ1n) is 11.5. The zero-order chi connectivity index (χ0) is 22.7. The molecule has 0 unspecified atom stereocenters. The van der Waals surface area contributed by atoms with Gasteiger partial charge in [0, 0.05) is 12.8 Å². The quantitative estimate of drug-likeness (QED) is 0.155. The topological polar surface area (TPSA) is 116 Å². The van der Waals surface area contributed by atoms with E-state index in [0.717, 1.165) is 19.3 Å². The number of aliphatic carboxylic acids is 1.